The highest BCUT2D eigenvalue weighted by atomic mass is 32.1. The number of piperazine rings is 1. The van der Waals surface area contributed by atoms with Crippen LogP contribution in [-0.2, 0) is 11.3 Å². The number of thiophene rings is 1. The van der Waals surface area contributed by atoms with Crippen molar-refractivity contribution in [2.75, 3.05) is 31.6 Å². The molecule has 1 fully saturated rings. The molecule has 0 bridgehead atoms. The number of fused-ring (bicyclic) bond motifs is 2. The van der Waals surface area contributed by atoms with Crippen LogP contribution in [0.2, 0.25) is 0 Å². The number of amides is 1. The van der Waals surface area contributed by atoms with Crippen molar-refractivity contribution in [1.82, 2.24) is 34.9 Å². The lowest BCUT2D eigenvalue weighted by Crippen LogP contribution is -2.57. The van der Waals surface area contributed by atoms with E-state index in [1.165, 1.54) is 29.1 Å². The van der Waals surface area contributed by atoms with Crippen LogP contribution < -0.4 is 10.2 Å². The van der Waals surface area contributed by atoms with Gasteiger partial charge in [0.05, 0.1) is 28.0 Å². The average molecular weight is 535 g/mol. The van der Waals surface area contributed by atoms with Gasteiger partial charge in [-0.3, -0.25) is 14.7 Å². The maximum absolute atomic E-state index is 14.1. The second-order valence-electron chi connectivity index (χ2n) is 9.36. The molecule has 0 radical (unpaired) electrons. The number of pyridine rings is 1. The number of rotatable bonds is 5. The summed E-state index contributed by atoms with van der Waals surface area (Å²) in [7, 11) is 1.91. The second-order valence-corrected chi connectivity index (χ2v) is 10.3. The molecule has 38 heavy (non-hydrogen) atoms. The average Bonchev–Trinajstić information content (AvgIpc) is 3.52. The Labute approximate surface area is 220 Å². The summed E-state index contributed by atoms with van der Waals surface area (Å²) >= 11 is 1.30. The smallest absolute Gasteiger partial charge is 0.239 e. The van der Waals surface area contributed by atoms with Gasteiger partial charge in [-0.25, -0.2) is 23.4 Å². The molecule has 1 aromatic carbocycles. The fraction of sp³-hybridized carbons (Fsp3) is 0.269. The molecule has 1 aliphatic heterocycles. The van der Waals surface area contributed by atoms with Gasteiger partial charge in [-0.05, 0) is 37.7 Å². The van der Waals surface area contributed by atoms with Crippen molar-refractivity contribution in [1.29, 1.82) is 0 Å². The van der Waals surface area contributed by atoms with Gasteiger partial charge >= 0.3 is 0 Å². The summed E-state index contributed by atoms with van der Waals surface area (Å²) in [6.45, 7) is 3.62. The number of hydrogen-bond donors (Lipinski definition) is 1. The summed E-state index contributed by atoms with van der Waals surface area (Å²) in [6.07, 6.45) is 4.86. The second kappa shape index (κ2) is 9.69. The first-order valence-electron chi connectivity index (χ1n) is 12.1. The fourth-order valence-corrected chi connectivity index (χ4v) is 5.38. The number of anilines is 1. The van der Waals surface area contributed by atoms with E-state index in [1.807, 2.05) is 16.8 Å². The number of nitrogens with one attached hydrogen (secondary N) is 1. The van der Waals surface area contributed by atoms with Gasteiger partial charge in [-0.2, -0.15) is 0 Å². The number of hydrogen-bond acceptors (Lipinski definition) is 8. The van der Waals surface area contributed by atoms with E-state index >= 15 is 0 Å². The Balaban J connectivity index is 1.21. The molecule has 0 unspecified atom stereocenters. The monoisotopic (exact) mass is 534 g/mol. The van der Waals surface area contributed by atoms with Crippen LogP contribution in [0.4, 0.5) is 14.6 Å². The minimum absolute atomic E-state index is 0.152. The molecule has 9 nitrogen and oxygen atoms in total. The molecule has 1 N–H and O–H groups in total. The lowest BCUT2D eigenvalue weighted by molar-refractivity contribution is -0.126. The maximum atomic E-state index is 14.1. The van der Waals surface area contributed by atoms with Gasteiger partial charge in [0.1, 0.15) is 29.8 Å². The molecule has 0 aliphatic carbocycles. The van der Waals surface area contributed by atoms with Crippen LogP contribution in [0.15, 0.2) is 48.4 Å². The Kier molecular flexibility index (Phi) is 6.20. The standard InChI is InChI=1S/C26H24F2N8OS/c1-15-3-4-17(8-20(15)27)36-11-19-24(33-36)31-14-32-25(19)35-6-5-34(2)22(12-35)26(37)30-9-16-7-18-21(28)13-38-23(18)10-29-16/h3-4,7-8,10-11,13-14,22H,5-6,9,12H2,1-2H3,(H,30,37)/t22-/m0/s1. The van der Waals surface area contributed by atoms with Crippen molar-refractivity contribution in [3.63, 3.8) is 0 Å². The first-order valence-corrected chi connectivity index (χ1v) is 13.0. The van der Waals surface area contributed by atoms with Gasteiger partial charge in [0.15, 0.2) is 5.65 Å². The Morgan fingerprint density at radius 3 is 2.84 bits per heavy atom. The minimum Gasteiger partial charge on any atom is -0.353 e. The van der Waals surface area contributed by atoms with Crippen LogP contribution in [0.25, 0.3) is 26.8 Å². The Hall–Kier alpha value is -4.03. The number of likely N-dealkylation sites (N-methyl/N-ethyl adjacent to an activating group) is 1. The van der Waals surface area contributed by atoms with Crippen molar-refractivity contribution in [2.24, 2.45) is 0 Å². The number of carbonyl (C=O) groups excluding carboxylic acids is 1. The SMILES string of the molecule is Cc1ccc(-n2cc3c(N4CCN(C)[C@H](C(=O)NCc5cc6c(F)csc6cn5)C4)ncnc3n2)cc1F. The molecule has 6 rings (SSSR count). The number of aryl methyl sites for hydroxylation is 1. The Morgan fingerprint density at radius 2 is 2.00 bits per heavy atom. The predicted octanol–water partition coefficient (Wildman–Crippen LogP) is 3.45. The van der Waals surface area contributed by atoms with E-state index < -0.39 is 6.04 Å². The number of nitrogens with zero attached hydrogens (tertiary/aromatic N) is 7. The van der Waals surface area contributed by atoms with E-state index in [2.05, 4.69) is 25.4 Å². The molecule has 0 spiro atoms. The first kappa shape index (κ1) is 24.3. The van der Waals surface area contributed by atoms with E-state index in [0.717, 1.165) is 4.70 Å². The first-order chi connectivity index (χ1) is 18.4. The van der Waals surface area contributed by atoms with Gasteiger partial charge in [0.25, 0.3) is 0 Å². The maximum Gasteiger partial charge on any atom is 0.239 e. The van der Waals surface area contributed by atoms with Gasteiger partial charge in [-0.1, -0.05) is 6.07 Å². The molecule has 5 aromatic rings. The topological polar surface area (TPSA) is 92.1 Å². The number of carbonyl (C=O) groups is 1. The summed E-state index contributed by atoms with van der Waals surface area (Å²) < 4.78 is 30.5. The molecule has 4 aromatic heterocycles. The molecule has 1 aliphatic rings. The molecular formula is C26H24F2N8OS. The molecule has 1 atom stereocenters. The third-order valence-electron chi connectivity index (χ3n) is 6.88. The third-order valence-corrected chi connectivity index (χ3v) is 7.78. The highest BCUT2D eigenvalue weighted by Gasteiger charge is 2.31. The number of halogens is 2. The van der Waals surface area contributed by atoms with E-state index in [4.69, 9.17) is 0 Å². The highest BCUT2D eigenvalue weighted by molar-refractivity contribution is 7.17. The van der Waals surface area contributed by atoms with Crippen molar-refractivity contribution in [3.8, 4) is 5.69 Å². The molecule has 194 valence electrons. The highest BCUT2D eigenvalue weighted by Crippen LogP contribution is 2.27. The van der Waals surface area contributed by atoms with Crippen molar-refractivity contribution < 1.29 is 13.6 Å². The minimum atomic E-state index is -0.434. The summed E-state index contributed by atoms with van der Waals surface area (Å²) in [5.74, 6) is -0.0766. The fourth-order valence-electron chi connectivity index (χ4n) is 4.62. The molecule has 1 amide bonds. The summed E-state index contributed by atoms with van der Waals surface area (Å²) in [5, 5.41) is 10.1. The zero-order valence-corrected chi connectivity index (χ0v) is 21.5. The summed E-state index contributed by atoms with van der Waals surface area (Å²) in [4.78, 5) is 30.4. The quantitative estimate of drug-likeness (QED) is 0.369. The van der Waals surface area contributed by atoms with Crippen LogP contribution in [0, 0.1) is 18.6 Å². The largest absolute Gasteiger partial charge is 0.353 e. The molecule has 5 heterocycles. The third kappa shape index (κ3) is 4.45. The zero-order chi connectivity index (χ0) is 26.4. The Bertz CT molecular complexity index is 1670. The van der Waals surface area contributed by atoms with Crippen LogP contribution in [0.3, 0.4) is 0 Å². The molecule has 1 saturated heterocycles. The lowest BCUT2D eigenvalue weighted by Gasteiger charge is -2.39. The van der Waals surface area contributed by atoms with Crippen LogP contribution in [0.5, 0.6) is 0 Å². The molecule has 12 heteroatoms. The van der Waals surface area contributed by atoms with Crippen LogP contribution in [-0.4, -0.2) is 68.3 Å². The molecular weight excluding hydrogens is 510 g/mol. The normalized spacial score (nSPS) is 16.4. The summed E-state index contributed by atoms with van der Waals surface area (Å²) in [5.41, 5.74) is 2.22. The zero-order valence-electron chi connectivity index (χ0n) is 20.7. The van der Waals surface area contributed by atoms with Gasteiger partial charge in [0.2, 0.25) is 5.91 Å². The van der Waals surface area contributed by atoms with E-state index in [1.54, 1.807) is 42.2 Å². The predicted molar refractivity (Wildman–Crippen MR) is 141 cm³/mol. The van der Waals surface area contributed by atoms with E-state index in [9.17, 15) is 13.6 Å². The van der Waals surface area contributed by atoms with Crippen molar-refractivity contribution >= 4 is 44.2 Å². The van der Waals surface area contributed by atoms with Crippen LogP contribution >= 0.6 is 11.3 Å². The van der Waals surface area contributed by atoms with Crippen molar-refractivity contribution in [2.45, 2.75) is 19.5 Å². The van der Waals surface area contributed by atoms with Gasteiger partial charge < -0.3 is 10.2 Å². The van der Waals surface area contributed by atoms with E-state index in [-0.39, 0.29) is 24.1 Å². The van der Waals surface area contributed by atoms with Crippen LogP contribution in [0.1, 0.15) is 11.3 Å². The van der Waals surface area contributed by atoms with Gasteiger partial charge in [-0.15, -0.1) is 16.4 Å². The van der Waals surface area contributed by atoms with E-state index in [0.29, 0.717) is 58.8 Å². The lowest BCUT2D eigenvalue weighted by atomic mass is 10.1. The number of aromatic nitrogens is 5. The van der Waals surface area contributed by atoms with Crippen molar-refractivity contribution in [3.05, 3.63) is 71.3 Å². The Morgan fingerprint density at radius 1 is 1.13 bits per heavy atom. The number of benzene rings is 1. The van der Waals surface area contributed by atoms with Gasteiger partial charge in [0, 0.05) is 42.8 Å². The molecule has 0 saturated carbocycles. The summed E-state index contributed by atoms with van der Waals surface area (Å²) in [6, 6.07) is 6.18.